The van der Waals surface area contributed by atoms with Crippen molar-refractivity contribution in [3.05, 3.63) is 89.6 Å². The second-order valence-electron chi connectivity index (χ2n) is 6.64. The van der Waals surface area contributed by atoms with Crippen LogP contribution in [0.3, 0.4) is 0 Å². The molecule has 0 radical (unpaired) electrons. The van der Waals surface area contributed by atoms with E-state index in [2.05, 4.69) is 10.4 Å². The number of hydrogen-bond donors (Lipinski definition) is 1. The molecule has 0 atom stereocenters. The SMILES string of the molecule is O=C(CCn1ncc2c(Cl)cccc21)Nc1cccc(COc2ccccc2)c1. The number of amides is 1. The van der Waals surface area contributed by atoms with E-state index in [1.165, 1.54) is 0 Å². The van der Waals surface area contributed by atoms with Gasteiger partial charge in [0.25, 0.3) is 0 Å². The Morgan fingerprint density at radius 3 is 2.72 bits per heavy atom. The molecule has 1 N–H and O–H groups in total. The molecule has 0 spiro atoms. The Bertz CT molecular complexity index is 1130. The van der Waals surface area contributed by atoms with Crippen LogP contribution < -0.4 is 10.1 Å². The molecule has 0 aliphatic rings. The Kier molecular flexibility index (Phi) is 5.77. The van der Waals surface area contributed by atoms with Gasteiger partial charge in [-0.3, -0.25) is 9.48 Å². The van der Waals surface area contributed by atoms with Crippen LogP contribution in [0, 0.1) is 0 Å². The van der Waals surface area contributed by atoms with Crippen LogP contribution in [0.1, 0.15) is 12.0 Å². The lowest BCUT2D eigenvalue weighted by atomic mass is 10.2. The smallest absolute Gasteiger partial charge is 0.226 e. The van der Waals surface area contributed by atoms with Crippen LogP contribution in [0.15, 0.2) is 79.0 Å². The number of halogens is 1. The van der Waals surface area contributed by atoms with Crippen LogP contribution in [0.2, 0.25) is 5.02 Å². The molecule has 0 bridgehead atoms. The second kappa shape index (κ2) is 8.80. The highest BCUT2D eigenvalue weighted by atomic mass is 35.5. The first-order valence-electron chi connectivity index (χ1n) is 9.36. The minimum Gasteiger partial charge on any atom is -0.489 e. The number of ether oxygens (including phenoxy) is 1. The largest absolute Gasteiger partial charge is 0.489 e. The van der Waals surface area contributed by atoms with Crippen molar-refractivity contribution in [2.24, 2.45) is 0 Å². The maximum atomic E-state index is 12.4. The van der Waals surface area contributed by atoms with Gasteiger partial charge in [-0.1, -0.05) is 48.0 Å². The molecule has 1 aromatic heterocycles. The van der Waals surface area contributed by atoms with E-state index in [1.54, 1.807) is 10.9 Å². The highest BCUT2D eigenvalue weighted by Crippen LogP contribution is 2.23. The van der Waals surface area contributed by atoms with Gasteiger partial charge in [-0.2, -0.15) is 5.10 Å². The second-order valence-corrected chi connectivity index (χ2v) is 7.05. The Morgan fingerprint density at radius 2 is 1.86 bits per heavy atom. The zero-order valence-electron chi connectivity index (χ0n) is 15.7. The molecule has 1 heterocycles. The predicted octanol–water partition coefficient (Wildman–Crippen LogP) is 5.30. The van der Waals surface area contributed by atoms with E-state index in [-0.39, 0.29) is 5.91 Å². The predicted molar refractivity (Wildman–Crippen MR) is 115 cm³/mol. The molecule has 0 saturated carbocycles. The lowest BCUT2D eigenvalue weighted by Crippen LogP contribution is -2.15. The van der Waals surface area contributed by atoms with E-state index < -0.39 is 0 Å². The van der Waals surface area contributed by atoms with Gasteiger partial charge in [0.15, 0.2) is 0 Å². The van der Waals surface area contributed by atoms with Gasteiger partial charge in [0.1, 0.15) is 12.4 Å². The van der Waals surface area contributed by atoms with Crippen molar-refractivity contribution >= 4 is 34.1 Å². The molecular formula is C23H20ClN3O2. The van der Waals surface area contributed by atoms with Gasteiger partial charge >= 0.3 is 0 Å². The van der Waals surface area contributed by atoms with Gasteiger partial charge in [-0.05, 0) is 42.0 Å². The van der Waals surface area contributed by atoms with Crippen molar-refractivity contribution in [3.63, 3.8) is 0 Å². The molecular weight excluding hydrogens is 386 g/mol. The van der Waals surface area contributed by atoms with Crippen LogP contribution in [0.25, 0.3) is 10.9 Å². The van der Waals surface area contributed by atoms with Crippen molar-refractivity contribution in [1.82, 2.24) is 9.78 Å². The Morgan fingerprint density at radius 1 is 1.03 bits per heavy atom. The van der Waals surface area contributed by atoms with E-state index in [4.69, 9.17) is 16.3 Å². The van der Waals surface area contributed by atoms with Crippen LogP contribution in [0.5, 0.6) is 5.75 Å². The van der Waals surface area contributed by atoms with Crippen molar-refractivity contribution in [2.75, 3.05) is 5.32 Å². The summed E-state index contributed by atoms with van der Waals surface area (Å²) in [5.41, 5.74) is 2.65. The Hall–Kier alpha value is -3.31. The van der Waals surface area contributed by atoms with E-state index >= 15 is 0 Å². The Labute approximate surface area is 173 Å². The first-order valence-corrected chi connectivity index (χ1v) is 9.73. The molecule has 0 unspecified atom stereocenters. The number of carbonyl (C=O) groups is 1. The molecule has 6 heteroatoms. The first kappa shape index (κ1) is 19.0. The molecule has 1 amide bonds. The number of hydrogen-bond acceptors (Lipinski definition) is 3. The van der Waals surface area contributed by atoms with Crippen molar-refractivity contribution < 1.29 is 9.53 Å². The van der Waals surface area contributed by atoms with Crippen LogP contribution >= 0.6 is 11.6 Å². The first-order chi connectivity index (χ1) is 14.2. The summed E-state index contributed by atoms with van der Waals surface area (Å²) < 4.78 is 7.56. The minimum absolute atomic E-state index is 0.0724. The summed E-state index contributed by atoms with van der Waals surface area (Å²) >= 11 is 6.18. The van der Waals surface area contributed by atoms with Crippen molar-refractivity contribution in [3.8, 4) is 5.75 Å². The summed E-state index contributed by atoms with van der Waals surface area (Å²) in [6.07, 6.45) is 2.04. The molecule has 5 nitrogen and oxygen atoms in total. The zero-order valence-corrected chi connectivity index (χ0v) is 16.5. The lowest BCUT2D eigenvalue weighted by Gasteiger charge is -2.09. The number of nitrogens with one attached hydrogen (secondary N) is 1. The summed E-state index contributed by atoms with van der Waals surface area (Å²) in [6, 6.07) is 23.0. The van der Waals surface area contributed by atoms with E-state index in [0.717, 1.165) is 27.9 Å². The fourth-order valence-corrected chi connectivity index (χ4v) is 3.32. The summed E-state index contributed by atoms with van der Waals surface area (Å²) in [5, 5.41) is 8.83. The molecule has 0 saturated heterocycles. The molecule has 146 valence electrons. The van der Waals surface area contributed by atoms with Crippen LogP contribution in [-0.4, -0.2) is 15.7 Å². The van der Waals surface area contributed by atoms with Crippen LogP contribution in [0.4, 0.5) is 5.69 Å². The third-order valence-electron chi connectivity index (χ3n) is 4.54. The highest BCUT2D eigenvalue weighted by molar-refractivity contribution is 6.35. The van der Waals surface area contributed by atoms with E-state index in [9.17, 15) is 4.79 Å². The summed E-state index contributed by atoms with van der Waals surface area (Å²) in [6.45, 7) is 0.917. The van der Waals surface area contributed by atoms with Crippen molar-refractivity contribution in [2.45, 2.75) is 19.6 Å². The maximum absolute atomic E-state index is 12.4. The number of aryl methyl sites for hydroxylation is 1. The fourth-order valence-electron chi connectivity index (χ4n) is 3.10. The average molecular weight is 406 g/mol. The third-order valence-corrected chi connectivity index (χ3v) is 4.87. The van der Waals surface area contributed by atoms with Crippen molar-refractivity contribution in [1.29, 1.82) is 0 Å². The van der Waals surface area contributed by atoms with E-state index in [1.807, 2.05) is 72.8 Å². The quantitative estimate of drug-likeness (QED) is 0.454. The molecule has 29 heavy (non-hydrogen) atoms. The number of benzene rings is 3. The lowest BCUT2D eigenvalue weighted by molar-refractivity contribution is -0.116. The number of anilines is 1. The van der Waals surface area contributed by atoms with Gasteiger partial charge in [0, 0.05) is 17.5 Å². The minimum atomic E-state index is -0.0724. The van der Waals surface area contributed by atoms with Gasteiger partial charge in [-0.15, -0.1) is 0 Å². The molecule has 4 rings (SSSR count). The summed E-state index contributed by atoms with van der Waals surface area (Å²) in [7, 11) is 0. The molecule has 0 aliphatic heterocycles. The Balaban J connectivity index is 1.34. The molecule has 3 aromatic carbocycles. The summed E-state index contributed by atoms with van der Waals surface area (Å²) in [4.78, 5) is 12.4. The molecule has 0 aliphatic carbocycles. The van der Waals surface area contributed by atoms with Crippen LogP contribution in [-0.2, 0) is 17.9 Å². The third kappa shape index (κ3) is 4.76. The van der Waals surface area contributed by atoms with E-state index in [0.29, 0.717) is 24.6 Å². The normalized spacial score (nSPS) is 10.8. The number of nitrogens with zero attached hydrogens (tertiary/aromatic N) is 2. The van der Waals surface area contributed by atoms with Gasteiger partial charge < -0.3 is 10.1 Å². The number of fused-ring (bicyclic) bond motifs is 1. The van der Waals surface area contributed by atoms with Gasteiger partial charge in [-0.25, -0.2) is 0 Å². The fraction of sp³-hybridized carbons (Fsp3) is 0.130. The zero-order chi connectivity index (χ0) is 20.1. The standard InChI is InChI=1S/C23H20ClN3O2/c24-21-10-5-11-22-20(21)15-25-27(22)13-12-23(28)26-18-7-4-6-17(14-18)16-29-19-8-2-1-3-9-19/h1-11,14-15H,12-13,16H2,(H,26,28). The van der Waals surface area contributed by atoms with Gasteiger partial charge in [0.05, 0.1) is 23.3 Å². The monoisotopic (exact) mass is 405 g/mol. The number of rotatable bonds is 7. The summed E-state index contributed by atoms with van der Waals surface area (Å²) in [5.74, 6) is 0.741. The molecule has 0 fully saturated rings. The highest BCUT2D eigenvalue weighted by Gasteiger charge is 2.08. The maximum Gasteiger partial charge on any atom is 0.226 e. The number of para-hydroxylation sites is 1. The van der Waals surface area contributed by atoms with Gasteiger partial charge in [0.2, 0.25) is 5.91 Å². The number of carbonyl (C=O) groups excluding carboxylic acids is 1. The topological polar surface area (TPSA) is 56.2 Å². The average Bonchev–Trinajstić information content (AvgIpc) is 3.16. The molecule has 4 aromatic rings. The number of aromatic nitrogens is 2.